The number of rotatable bonds is 2. The summed E-state index contributed by atoms with van der Waals surface area (Å²) < 4.78 is 0. The van der Waals surface area contributed by atoms with Crippen LogP contribution in [0.4, 0.5) is 5.13 Å². The Morgan fingerprint density at radius 3 is 2.89 bits per heavy atom. The van der Waals surface area contributed by atoms with Crippen LogP contribution in [0.2, 0.25) is 0 Å². The zero-order valence-corrected chi connectivity index (χ0v) is 12.3. The van der Waals surface area contributed by atoms with E-state index < -0.39 is 0 Å². The van der Waals surface area contributed by atoms with Gasteiger partial charge in [0.1, 0.15) is 0 Å². The average molecular weight is 289 g/mol. The molecule has 2 fully saturated rings. The number of nitrogen functional groups attached to an aromatic ring is 1. The summed E-state index contributed by atoms with van der Waals surface area (Å²) in [6.45, 7) is 3.43. The number of fused-ring (bicyclic) bond motifs is 2. The molecule has 102 valence electrons. The van der Waals surface area contributed by atoms with E-state index in [-0.39, 0.29) is 12.4 Å². The van der Waals surface area contributed by atoms with Crippen LogP contribution in [0.1, 0.15) is 24.1 Å². The van der Waals surface area contributed by atoms with Gasteiger partial charge in [-0.25, -0.2) is 4.98 Å². The summed E-state index contributed by atoms with van der Waals surface area (Å²) in [5, 5.41) is 0.688. The van der Waals surface area contributed by atoms with Gasteiger partial charge in [-0.3, -0.25) is 9.80 Å². The van der Waals surface area contributed by atoms with Crippen molar-refractivity contribution in [2.24, 2.45) is 0 Å². The molecule has 2 aliphatic rings. The highest BCUT2D eigenvalue weighted by atomic mass is 35.5. The van der Waals surface area contributed by atoms with E-state index >= 15 is 0 Å². The fraction of sp³-hybridized carbons (Fsp3) is 0.750. The number of anilines is 1. The summed E-state index contributed by atoms with van der Waals surface area (Å²) in [6, 6.07) is 1.57. The normalized spacial score (nSPS) is 28.9. The van der Waals surface area contributed by atoms with Gasteiger partial charge in [-0.15, -0.1) is 23.7 Å². The van der Waals surface area contributed by atoms with Crippen molar-refractivity contribution in [2.75, 3.05) is 25.9 Å². The van der Waals surface area contributed by atoms with Crippen LogP contribution in [0.3, 0.4) is 0 Å². The number of nitrogens with zero attached hydrogens (tertiary/aromatic N) is 3. The molecule has 1 aromatic heterocycles. The lowest BCUT2D eigenvalue weighted by atomic mass is 10.1. The first-order valence-electron chi connectivity index (χ1n) is 6.37. The highest BCUT2D eigenvalue weighted by Gasteiger charge is 2.34. The summed E-state index contributed by atoms with van der Waals surface area (Å²) in [6.07, 6.45) is 5.99. The standard InChI is InChI=1S/C12H20N4S.ClH/c1-15-9-2-3-10(15)7-16(5-4-9)8-11-6-14-12(13)17-11;/h6,9-10H,2-5,7-8H2,1H3,(H2,13,14);1H. The smallest absolute Gasteiger partial charge is 0.180 e. The Balaban J connectivity index is 0.00000120. The molecule has 0 spiro atoms. The third-order valence-corrected chi connectivity index (χ3v) is 4.99. The first-order chi connectivity index (χ1) is 8.22. The average Bonchev–Trinajstić information content (AvgIpc) is 2.77. The van der Waals surface area contributed by atoms with E-state index in [0.717, 1.165) is 18.6 Å². The van der Waals surface area contributed by atoms with Crippen molar-refractivity contribution in [1.29, 1.82) is 0 Å². The Morgan fingerprint density at radius 2 is 2.17 bits per heavy atom. The van der Waals surface area contributed by atoms with Crippen molar-refractivity contribution in [3.8, 4) is 0 Å². The molecular formula is C12H21ClN4S. The van der Waals surface area contributed by atoms with Crippen LogP contribution in [0.25, 0.3) is 0 Å². The topological polar surface area (TPSA) is 45.4 Å². The molecule has 2 aliphatic heterocycles. The fourth-order valence-corrected chi connectivity index (χ4v) is 3.87. The van der Waals surface area contributed by atoms with Crippen LogP contribution in [-0.2, 0) is 6.54 Å². The van der Waals surface area contributed by atoms with Crippen molar-refractivity contribution in [3.63, 3.8) is 0 Å². The van der Waals surface area contributed by atoms with Crippen LogP contribution >= 0.6 is 23.7 Å². The molecular weight excluding hydrogens is 268 g/mol. The molecule has 3 rings (SSSR count). The summed E-state index contributed by atoms with van der Waals surface area (Å²) in [7, 11) is 2.29. The van der Waals surface area contributed by atoms with Gasteiger partial charge in [0, 0.05) is 42.8 Å². The Morgan fingerprint density at radius 1 is 1.39 bits per heavy atom. The maximum Gasteiger partial charge on any atom is 0.180 e. The van der Waals surface area contributed by atoms with Crippen molar-refractivity contribution >= 4 is 28.9 Å². The molecule has 18 heavy (non-hydrogen) atoms. The van der Waals surface area contributed by atoms with E-state index in [4.69, 9.17) is 5.73 Å². The van der Waals surface area contributed by atoms with E-state index in [1.54, 1.807) is 11.3 Å². The van der Waals surface area contributed by atoms with Crippen molar-refractivity contribution < 1.29 is 0 Å². The molecule has 0 radical (unpaired) electrons. The maximum absolute atomic E-state index is 5.68. The van der Waals surface area contributed by atoms with Gasteiger partial charge >= 0.3 is 0 Å². The van der Waals surface area contributed by atoms with Crippen molar-refractivity contribution in [3.05, 3.63) is 11.1 Å². The zero-order valence-electron chi connectivity index (χ0n) is 10.7. The molecule has 4 nitrogen and oxygen atoms in total. The molecule has 3 heterocycles. The Bertz CT molecular complexity index is 397. The van der Waals surface area contributed by atoms with Crippen LogP contribution in [0.5, 0.6) is 0 Å². The Labute approximate surface area is 119 Å². The summed E-state index contributed by atoms with van der Waals surface area (Å²) in [4.78, 5) is 10.6. The van der Waals surface area contributed by atoms with Crippen molar-refractivity contribution in [1.82, 2.24) is 14.8 Å². The molecule has 2 N–H and O–H groups in total. The third-order valence-electron chi connectivity index (χ3n) is 4.18. The second-order valence-corrected chi connectivity index (χ2v) is 6.39. The molecule has 0 aliphatic carbocycles. The van der Waals surface area contributed by atoms with E-state index in [0.29, 0.717) is 5.13 Å². The number of nitrogens with two attached hydrogens (primary N) is 1. The molecule has 2 bridgehead atoms. The monoisotopic (exact) mass is 288 g/mol. The van der Waals surface area contributed by atoms with Gasteiger partial charge in [0.05, 0.1) is 0 Å². The highest BCUT2D eigenvalue weighted by Crippen LogP contribution is 2.29. The van der Waals surface area contributed by atoms with Gasteiger partial charge in [0.15, 0.2) is 5.13 Å². The predicted molar refractivity (Wildman–Crippen MR) is 78.2 cm³/mol. The summed E-state index contributed by atoms with van der Waals surface area (Å²) in [5.74, 6) is 0. The first kappa shape index (κ1) is 14.1. The third kappa shape index (κ3) is 2.79. The van der Waals surface area contributed by atoms with Crippen LogP contribution in [0, 0.1) is 0 Å². The lowest BCUT2D eigenvalue weighted by molar-refractivity contribution is 0.215. The SMILES string of the molecule is CN1C2CCC1CN(Cc1cnc(N)s1)CC2.Cl. The van der Waals surface area contributed by atoms with Gasteiger partial charge in [-0.1, -0.05) is 0 Å². The molecule has 2 saturated heterocycles. The molecule has 2 atom stereocenters. The number of halogens is 1. The quantitative estimate of drug-likeness (QED) is 0.902. The minimum absolute atomic E-state index is 0. The zero-order chi connectivity index (χ0) is 11.8. The van der Waals surface area contributed by atoms with Gasteiger partial charge in [0.2, 0.25) is 0 Å². The van der Waals surface area contributed by atoms with Crippen molar-refractivity contribution in [2.45, 2.75) is 37.9 Å². The number of hydrogen-bond acceptors (Lipinski definition) is 5. The van der Waals surface area contributed by atoms with Gasteiger partial charge < -0.3 is 5.73 Å². The molecule has 1 aromatic rings. The second kappa shape index (κ2) is 5.74. The second-order valence-electron chi connectivity index (χ2n) is 5.24. The number of thiazole rings is 1. The molecule has 0 aromatic carbocycles. The number of aromatic nitrogens is 1. The van der Waals surface area contributed by atoms with E-state index in [9.17, 15) is 0 Å². The van der Waals surface area contributed by atoms with Gasteiger partial charge in [0.25, 0.3) is 0 Å². The van der Waals surface area contributed by atoms with Crippen LogP contribution in [0.15, 0.2) is 6.20 Å². The minimum Gasteiger partial charge on any atom is -0.375 e. The summed E-state index contributed by atoms with van der Waals surface area (Å²) >= 11 is 1.62. The lowest BCUT2D eigenvalue weighted by Crippen LogP contribution is -2.36. The first-order valence-corrected chi connectivity index (χ1v) is 7.18. The lowest BCUT2D eigenvalue weighted by Gasteiger charge is -2.25. The van der Waals surface area contributed by atoms with Gasteiger partial charge in [-0.05, 0) is 26.3 Å². The fourth-order valence-electron chi connectivity index (χ4n) is 3.14. The number of likely N-dealkylation sites (N-methyl/N-ethyl adjacent to an activating group) is 1. The predicted octanol–water partition coefficient (Wildman–Crippen LogP) is 1.82. The maximum atomic E-state index is 5.68. The highest BCUT2D eigenvalue weighted by molar-refractivity contribution is 7.15. The van der Waals surface area contributed by atoms with Gasteiger partial charge in [-0.2, -0.15) is 0 Å². The van der Waals surface area contributed by atoms with E-state index in [2.05, 4.69) is 21.8 Å². The molecule has 0 amide bonds. The molecule has 6 heteroatoms. The number of likely N-dealkylation sites (tertiary alicyclic amines) is 1. The Kier molecular flexibility index (Phi) is 4.48. The number of hydrogen-bond donors (Lipinski definition) is 1. The molecule has 0 saturated carbocycles. The summed E-state index contributed by atoms with van der Waals surface area (Å²) in [5.41, 5.74) is 5.68. The van der Waals surface area contributed by atoms with E-state index in [1.165, 1.54) is 37.2 Å². The Hall–Kier alpha value is -0.360. The van der Waals surface area contributed by atoms with Crippen LogP contribution in [-0.4, -0.2) is 47.0 Å². The largest absolute Gasteiger partial charge is 0.375 e. The molecule has 2 unspecified atom stereocenters. The van der Waals surface area contributed by atoms with Crippen LogP contribution < -0.4 is 5.73 Å². The van der Waals surface area contributed by atoms with E-state index in [1.807, 2.05) is 6.20 Å². The minimum atomic E-state index is 0.